The normalized spacial score (nSPS) is 21.1. The number of hydrogen-bond donors (Lipinski definition) is 1. The van der Waals surface area contributed by atoms with Crippen LogP contribution in [-0.4, -0.2) is 21.6 Å². The Kier molecular flexibility index (Phi) is 4.30. The van der Waals surface area contributed by atoms with Gasteiger partial charge in [-0.25, -0.2) is 0 Å². The smallest absolute Gasteiger partial charge is 0.319 e. The lowest BCUT2D eigenvalue weighted by Crippen LogP contribution is -2.37. The Morgan fingerprint density at radius 2 is 1.93 bits per heavy atom. The molecule has 1 aliphatic carbocycles. The first kappa shape index (κ1) is 11.9. The molecule has 1 saturated carbocycles. The fourth-order valence-electron chi connectivity index (χ4n) is 1.87. The van der Waals surface area contributed by atoms with Gasteiger partial charge in [0.1, 0.15) is 4.75 Å². The molecule has 0 saturated heterocycles. The predicted octanol–water partition coefficient (Wildman–Crippen LogP) is 3.16. The third-order valence-corrected chi connectivity index (χ3v) is 4.71. The third-order valence-electron chi connectivity index (χ3n) is 2.74. The van der Waals surface area contributed by atoms with Gasteiger partial charge in [-0.1, -0.05) is 33.1 Å². The number of aliphatic carboxylic acids is 1. The average Bonchev–Trinajstić information content (AvgIpc) is 2.16. The van der Waals surface area contributed by atoms with Crippen LogP contribution in [0.4, 0.5) is 0 Å². The van der Waals surface area contributed by atoms with Crippen molar-refractivity contribution in [3.8, 4) is 0 Å². The largest absolute Gasteiger partial charge is 0.480 e. The number of hydrogen-bond acceptors (Lipinski definition) is 2. The Bertz CT molecular complexity index is 195. The molecule has 82 valence electrons. The number of carboxylic acid groups (broad SMARTS) is 1. The van der Waals surface area contributed by atoms with Crippen LogP contribution in [0.2, 0.25) is 0 Å². The SMILES string of the molecule is CC(C)CSC1(C(=O)O)CCCCC1. The average molecular weight is 216 g/mol. The molecule has 1 fully saturated rings. The molecule has 0 aromatic rings. The van der Waals surface area contributed by atoms with Gasteiger partial charge >= 0.3 is 5.97 Å². The summed E-state index contributed by atoms with van der Waals surface area (Å²) in [7, 11) is 0. The zero-order chi connectivity index (χ0) is 10.6. The Morgan fingerprint density at radius 1 is 1.36 bits per heavy atom. The maximum Gasteiger partial charge on any atom is 0.319 e. The van der Waals surface area contributed by atoms with Gasteiger partial charge in [-0.15, -0.1) is 11.8 Å². The predicted molar refractivity (Wildman–Crippen MR) is 60.7 cm³/mol. The zero-order valence-electron chi connectivity index (χ0n) is 9.08. The monoisotopic (exact) mass is 216 g/mol. The fourth-order valence-corrected chi connectivity index (χ4v) is 3.22. The second kappa shape index (κ2) is 5.06. The minimum Gasteiger partial charge on any atom is -0.480 e. The molecule has 0 bridgehead atoms. The van der Waals surface area contributed by atoms with E-state index >= 15 is 0 Å². The second-order valence-electron chi connectivity index (χ2n) is 4.56. The standard InChI is InChI=1S/C11H20O2S/c1-9(2)8-14-11(10(12)13)6-4-3-5-7-11/h9H,3-8H2,1-2H3,(H,12,13). The summed E-state index contributed by atoms with van der Waals surface area (Å²) in [5.41, 5.74) is 0. The Balaban J connectivity index is 2.56. The number of carboxylic acids is 1. The van der Waals surface area contributed by atoms with Crippen molar-refractivity contribution in [3.05, 3.63) is 0 Å². The van der Waals surface area contributed by atoms with Crippen LogP contribution in [-0.2, 0) is 4.79 Å². The van der Waals surface area contributed by atoms with E-state index in [-0.39, 0.29) is 0 Å². The molecule has 3 heteroatoms. The molecule has 14 heavy (non-hydrogen) atoms. The van der Waals surface area contributed by atoms with Crippen LogP contribution >= 0.6 is 11.8 Å². The summed E-state index contributed by atoms with van der Waals surface area (Å²) in [4.78, 5) is 11.3. The van der Waals surface area contributed by atoms with Crippen molar-refractivity contribution in [1.29, 1.82) is 0 Å². The van der Waals surface area contributed by atoms with E-state index in [0.29, 0.717) is 5.92 Å². The highest BCUT2D eigenvalue weighted by molar-refractivity contribution is 8.01. The van der Waals surface area contributed by atoms with Crippen LogP contribution in [0.3, 0.4) is 0 Å². The quantitative estimate of drug-likeness (QED) is 0.784. The number of rotatable bonds is 4. The zero-order valence-corrected chi connectivity index (χ0v) is 9.90. The molecular formula is C11H20O2S. The first-order valence-corrected chi connectivity index (χ1v) is 6.43. The minimum absolute atomic E-state index is 0.456. The van der Waals surface area contributed by atoms with Crippen molar-refractivity contribution in [3.63, 3.8) is 0 Å². The highest BCUT2D eigenvalue weighted by Gasteiger charge is 2.39. The molecule has 0 aromatic carbocycles. The summed E-state index contributed by atoms with van der Waals surface area (Å²) in [5.74, 6) is 0.952. The van der Waals surface area contributed by atoms with Crippen LogP contribution < -0.4 is 0 Å². The van der Waals surface area contributed by atoms with Crippen molar-refractivity contribution >= 4 is 17.7 Å². The molecule has 0 radical (unpaired) electrons. The first-order valence-electron chi connectivity index (χ1n) is 5.44. The molecule has 0 aliphatic heterocycles. The van der Waals surface area contributed by atoms with Gasteiger partial charge in [-0.3, -0.25) is 4.79 Å². The van der Waals surface area contributed by atoms with Gasteiger partial charge in [0.05, 0.1) is 0 Å². The van der Waals surface area contributed by atoms with E-state index < -0.39 is 10.7 Å². The van der Waals surface area contributed by atoms with Crippen LogP contribution in [0, 0.1) is 5.92 Å². The fraction of sp³-hybridized carbons (Fsp3) is 0.909. The van der Waals surface area contributed by atoms with Crippen LogP contribution in [0.5, 0.6) is 0 Å². The highest BCUT2D eigenvalue weighted by atomic mass is 32.2. The van der Waals surface area contributed by atoms with Crippen molar-refractivity contribution in [2.75, 3.05) is 5.75 Å². The maximum absolute atomic E-state index is 11.3. The highest BCUT2D eigenvalue weighted by Crippen LogP contribution is 2.40. The molecule has 0 unspecified atom stereocenters. The van der Waals surface area contributed by atoms with Crippen molar-refractivity contribution in [1.82, 2.24) is 0 Å². The molecule has 1 aliphatic rings. The Labute approximate surface area is 90.5 Å². The lowest BCUT2D eigenvalue weighted by atomic mass is 9.88. The minimum atomic E-state index is -0.595. The van der Waals surface area contributed by atoms with E-state index in [1.54, 1.807) is 11.8 Å². The van der Waals surface area contributed by atoms with Crippen LogP contribution in [0.25, 0.3) is 0 Å². The van der Waals surface area contributed by atoms with Gasteiger partial charge in [-0.05, 0) is 24.5 Å². The molecule has 1 rings (SSSR count). The molecule has 0 spiro atoms. The van der Waals surface area contributed by atoms with E-state index in [4.69, 9.17) is 0 Å². The maximum atomic E-state index is 11.3. The van der Waals surface area contributed by atoms with Crippen molar-refractivity contribution < 1.29 is 9.90 Å². The second-order valence-corrected chi connectivity index (χ2v) is 5.97. The van der Waals surface area contributed by atoms with Gasteiger partial charge in [0.2, 0.25) is 0 Å². The van der Waals surface area contributed by atoms with Gasteiger partial charge in [0.15, 0.2) is 0 Å². The van der Waals surface area contributed by atoms with Gasteiger partial charge in [0, 0.05) is 0 Å². The molecular weight excluding hydrogens is 196 g/mol. The summed E-state index contributed by atoms with van der Waals surface area (Å²) in [6, 6.07) is 0. The Hall–Kier alpha value is -0.180. The number of thioether (sulfide) groups is 1. The summed E-state index contributed by atoms with van der Waals surface area (Å²) < 4.78 is -0.456. The lowest BCUT2D eigenvalue weighted by molar-refractivity contribution is -0.140. The van der Waals surface area contributed by atoms with Crippen molar-refractivity contribution in [2.24, 2.45) is 5.92 Å². The Morgan fingerprint density at radius 3 is 2.36 bits per heavy atom. The molecule has 0 atom stereocenters. The first-order chi connectivity index (χ1) is 6.57. The molecule has 2 nitrogen and oxygen atoms in total. The van der Waals surface area contributed by atoms with E-state index in [1.807, 2.05) is 0 Å². The van der Waals surface area contributed by atoms with Crippen molar-refractivity contribution in [2.45, 2.75) is 50.7 Å². The van der Waals surface area contributed by atoms with E-state index in [0.717, 1.165) is 31.4 Å². The molecule has 0 amide bonds. The molecule has 0 aromatic heterocycles. The summed E-state index contributed by atoms with van der Waals surface area (Å²) in [5, 5.41) is 9.28. The van der Waals surface area contributed by atoms with E-state index in [2.05, 4.69) is 13.8 Å². The van der Waals surface area contributed by atoms with Gasteiger partial charge < -0.3 is 5.11 Å². The number of carbonyl (C=O) groups is 1. The van der Waals surface area contributed by atoms with Crippen LogP contribution in [0.15, 0.2) is 0 Å². The van der Waals surface area contributed by atoms with E-state index in [9.17, 15) is 9.90 Å². The third kappa shape index (κ3) is 2.91. The van der Waals surface area contributed by atoms with Crippen LogP contribution in [0.1, 0.15) is 46.0 Å². The van der Waals surface area contributed by atoms with E-state index in [1.165, 1.54) is 6.42 Å². The van der Waals surface area contributed by atoms with Gasteiger partial charge in [0.25, 0.3) is 0 Å². The summed E-state index contributed by atoms with van der Waals surface area (Å²) in [6.07, 6.45) is 5.09. The topological polar surface area (TPSA) is 37.3 Å². The summed E-state index contributed by atoms with van der Waals surface area (Å²) in [6.45, 7) is 4.29. The van der Waals surface area contributed by atoms with Gasteiger partial charge in [-0.2, -0.15) is 0 Å². The summed E-state index contributed by atoms with van der Waals surface area (Å²) >= 11 is 1.66. The molecule has 0 heterocycles. The molecule has 1 N–H and O–H groups in total. The lowest BCUT2D eigenvalue weighted by Gasteiger charge is -2.33.